The molecule has 1 N–H and O–H groups in total. The van der Waals surface area contributed by atoms with Crippen LogP contribution in [0.2, 0.25) is 0 Å². The first-order valence-electron chi connectivity index (χ1n) is 7.28. The highest BCUT2D eigenvalue weighted by Gasteiger charge is 2.34. The molecule has 0 aromatic carbocycles. The largest absolute Gasteiger partial charge is 0.353 e. The van der Waals surface area contributed by atoms with Crippen molar-refractivity contribution < 1.29 is 0 Å². The van der Waals surface area contributed by atoms with Crippen LogP contribution in [0.5, 0.6) is 0 Å². The third kappa shape index (κ3) is 2.84. The topological polar surface area (TPSA) is 56.7 Å². The van der Waals surface area contributed by atoms with Crippen molar-refractivity contribution in [2.45, 2.75) is 19.4 Å². The van der Waals surface area contributed by atoms with Crippen LogP contribution in [0.25, 0.3) is 0 Å². The number of nitrogens with zero attached hydrogens (tertiary/aromatic N) is 5. The zero-order valence-corrected chi connectivity index (χ0v) is 12.2. The lowest BCUT2D eigenvalue weighted by atomic mass is 10.3. The summed E-state index contributed by atoms with van der Waals surface area (Å²) in [5.41, 5.74) is 0. The minimum atomic E-state index is 0.615. The van der Waals surface area contributed by atoms with E-state index in [9.17, 15) is 0 Å². The van der Waals surface area contributed by atoms with Crippen LogP contribution in [0, 0.1) is 5.92 Å². The van der Waals surface area contributed by atoms with E-state index in [0.717, 1.165) is 44.0 Å². The van der Waals surface area contributed by atoms with E-state index in [1.807, 2.05) is 13.1 Å². The third-order valence-corrected chi connectivity index (χ3v) is 4.05. The maximum absolute atomic E-state index is 4.41. The van der Waals surface area contributed by atoms with Crippen molar-refractivity contribution in [2.75, 3.05) is 38.1 Å². The quantitative estimate of drug-likeness (QED) is 0.631. The first-order chi connectivity index (χ1) is 9.78. The molecule has 0 radical (unpaired) electrons. The van der Waals surface area contributed by atoms with Crippen LogP contribution in [-0.2, 0) is 0 Å². The Morgan fingerprint density at radius 2 is 1.90 bits per heavy atom. The second-order valence-electron chi connectivity index (χ2n) is 5.53. The lowest BCUT2D eigenvalue weighted by Gasteiger charge is -2.36. The molecule has 1 aliphatic heterocycles. The zero-order chi connectivity index (χ0) is 13.9. The van der Waals surface area contributed by atoms with Crippen molar-refractivity contribution in [3.05, 3.63) is 18.5 Å². The molecular weight excluding hydrogens is 252 g/mol. The maximum atomic E-state index is 4.41. The Hall–Kier alpha value is -1.85. The number of piperazine rings is 1. The lowest BCUT2D eigenvalue weighted by Crippen LogP contribution is -2.53. The summed E-state index contributed by atoms with van der Waals surface area (Å²) in [5.74, 6) is 2.64. The van der Waals surface area contributed by atoms with Gasteiger partial charge in [-0.05, 0) is 18.4 Å². The van der Waals surface area contributed by atoms with E-state index in [-0.39, 0.29) is 0 Å². The number of hydrogen-bond donors (Lipinski definition) is 1. The molecule has 6 heteroatoms. The van der Waals surface area contributed by atoms with Gasteiger partial charge in [-0.2, -0.15) is 0 Å². The second kappa shape index (κ2) is 5.64. The average Bonchev–Trinajstić information content (AvgIpc) is 3.21. The molecule has 1 aliphatic carbocycles. The van der Waals surface area contributed by atoms with Gasteiger partial charge in [0.15, 0.2) is 5.96 Å². The van der Waals surface area contributed by atoms with E-state index in [2.05, 4.69) is 37.0 Å². The summed E-state index contributed by atoms with van der Waals surface area (Å²) in [6.07, 6.45) is 4.85. The molecule has 108 valence electrons. The fraction of sp³-hybridized carbons (Fsp3) is 0.643. The first kappa shape index (κ1) is 13.1. The third-order valence-electron chi connectivity index (χ3n) is 4.05. The van der Waals surface area contributed by atoms with Crippen LogP contribution in [0.3, 0.4) is 0 Å². The summed E-state index contributed by atoms with van der Waals surface area (Å²) in [6.45, 7) is 6.06. The van der Waals surface area contributed by atoms with Crippen LogP contribution >= 0.6 is 0 Å². The van der Waals surface area contributed by atoms with Gasteiger partial charge in [-0.1, -0.05) is 6.92 Å². The summed E-state index contributed by atoms with van der Waals surface area (Å²) in [7, 11) is 1.86. The van der Waals surface area contributed by atoms with E-state index in [1.165, 1.54) is 6.42 Å². The highest BCUT2D eigenvalue weighted by molar-refractivity contribution is 5.80. The summed E-state index contributed by atoms with van der Waals surface area (Å²) in [5, 5.41) is 3.54. The van der Waals surface area contributed by atoms with Gasteiger partial charge in [-0.25, -0.2) is 9.97 Å². The van der Waals surface area contributed by atoms with E-state index < -0.39 is 0 Å². The monoisotopic (exact) mass is 274 g/mol. The summed E-state index contributed by atoms with van der Waals surface area (Å²) in [6, 6.07) is 2.46. The molecule has 1 aromatic heterocycles. The molecule has 0 amide bonds. The average molecular weight is 274 g/mol. The van der Waals surface area contributed by atoms with Gasteiger partial charge in [0.2, 0.25) is 5.95 Å². The Morgan fingerprint density at radius 3 is 2.45 bits per heavy atom. The number of rotatable bonds is 2. The van der Waals surface area contributed by atoms with Crippen LogP contribution in [-0.4, -0.2) is 60.1 Å². The summed E-state index contributed by atoms with van der Waals surface area (Å²) in [4.78, 5) is 17.6. The van der Waals surface area contributed by atoms with E-state index in [1.54, 1.807) is 12.4 Å². The van der Waals surface area contributed by atoms with Crippen LogP contribution in [0.1, 0.15) is 13.3 Å². The number of guanidine groups is 1. The van der Waals surface area contributed by atoms with Gasteiger partial charge in [-0.3, -0.25) is 4.99 Å². The normalized spacial score (nSPS) is 26.6. The van der Waals surface area contributed by atoms with Crippen LogP contribution in [0.15, 0.2) is 23.5 Å². The lowest BCUT2D eigenvalue weighted by molar-refractivity contribution is 0.369. The molecule has 2 fully saturated rings. The summed E-state index contributed by atoms with van der Waals surface area (Å²) < 4.78 is 0. The molecule has 0 spiro atoms. The number of aromatic nitrogens is 2. The SMILES string of the molecule is CN=C(NC1CC1C)N1CCN(c2ncccn2)CC1. The predicted molar refractivity (Wildman–Crippen MR) is 79.9 cm³/mol. The second-order valence-corrected chi connectivity index (χ2v) is 5.53. The minimum absolute atomic E-state index is 0.615. The Morgan fingerprint density at radius 1 is 1.25 bits per heavy atom. The van der Waals surface area contributed by atoms with Gasteiger partial charge in [-0.15, -0.1) is 0 Å². The molecule has 2 aliphatic rings. The van der Waals surface area contributed by atoms with Crippen molar-refractivity contribution in [3.63, 3.8) is 0 Å². The number of nitrogens with one attached hydrogen (secondary N) is 1. The Labute approximate surface area is 119 Å². The Kier molecular flexibility index (Phi) is 3.71. The van der Waals surface area contributed by atoms with Crippen molar-refractivity contribution in [3.8, 4) is 0 Å². The van der Waals surface area contributed by atoms with Crippen LogP contribution < -0.4 is 10.2 Å². The molecule has 1 saturated heterocycles. The molecule has 2 heterocycles. The van der Waals surface area contributed by atoms with Crippen molar-refractivity contribution in [1.29, 1.82) is 0 Å². The van der Waals surface area contributed by atoms with Gasteiger partial charge in [0.1, 0.15) is 0 Å². The molecular formula is C14H22N6. The molecule has 2 atom stereocenters. The Balaban J connectivity index is 1.55. The van der Waals surface area contributed by atoms with E-state index >= 15 is 0 Å². The number of aliphatic imine (C=N–C) groups is 1. The Bertz CT molecular complexity index is 466. The number of hydrogen-bond acceptors (Lipinski definition) is 4. The fourth-order valence-corrected chi connectivity index (χ4v) is 2.56. The summed E-state index contributed by atoms with van der Waals surface area (Å²) >= 11 is 0. The van der Waals surface area contributed by atoms with Crippen molar-refractivity contribution in [2.24, 2.45) is 10.9 Å². The van der Waals surface area contributed by atoms with Gasteiger partial charge in [0.05, 0.1) is 0 Å². The van der Waals surface area contributed by atoms with Gasteiger partial charge in [0.25, 0.3) is 0 Å². The van der Waals surface area contributed by atoms with Crippen molar-refractivity contribution in [1.82, 2.24) is 20.2 Å². The molecule has 3 rings (SSSR count). The highest BCUT2D eigenvalue weighted by atomic mass is 15.4. The van der Waals surface area contributed by atoms with Crippen LogP contribution in [0.4, 0.5) is 5.95 Å². The molecule has 6 nitrogen and oxygen atoms in total. The van der Waals surface area contributed by atoms with Crippen molar-refractivity contribution >= 4 is 11.9 Å². The molecule has 1 saturated carbocycles. The number of anilines is 1. The highest BCUT2D eigenvalue weighted by Crippen LogP contribution is 2.29. The van der Waals surface area contributed by atoms with E-state index in [4.69, 9.17) is 0 Å². The zero-order valence-electron chi connectivity index (χ0n) is 12.2. The predicted octanol–water partition coefficient (Wildman–Crippen LogP) is 0.582. The molecule has 0 bridgehead atoms. The van der Waals surface area contributed by atoms with Gasteiger partial charge >= 0.3 is 0 Å². The van der Waals surface area contributed by atoms with Gasteiger partial charge in [0, 0.05) is 51.7 Å². The molecule has 20 heavy (non-hydrogen) atoms. The van der Waals surface area contributed by atoms with E-state index in [0.29, 0.717) is 6.04 Å². The fourth-order valence-electron chi connectivity index (χ4n) is 2.56. The van der Waals surface area contributed by atoms with Gasteiger partial charge < -0.3 is 15.1 Å². The first-order valence-corrected chi connectivity index (χ1v) is 7.28. The maximum Gasteiger partial charge on any atom is 0.225 e. The molecule has 1 aromatic rings. The minimum Gasteiger partial charge on any atom is -0.353 e. The standard InChI is InChI=1S/C14H22N6/c1-11-10-12(11)18-13(15-2)19-6-8-20(9-7-19)14-16-4-3-5-17-14/h3-5,11-12H,6-10H2,1-2H3,(H,15,18). The smallest absolute Gasteiger partial charge is 0.225 e. The molecule has 2 unspecified atom stereocenters.